The zero-order chi connectivity index (χ0) is 23.5. The van der Waals surface area contributed by atoms with E-state index in [1.807, 2.05) is 41.4 Å². The van der Waals surface area contributed by atoms with E-state index < -0.39 is 6.04 Å². The highest BCUT2D eigenvalue weighted by Crippen LogP contribution is 2.31. The highest BCUT2D eigenvalue weighted by atomic mass is 16.2. The number of amides is 1. The second-order valence-electron chi connectivity index (χ2n) is 9.50. The summed E-state index contributed by atoms with van der Waals surface area (Å²) in [6.45, 7) is 2.51. The molecule has 3 aromatic carbocycles. The molecule has 1 aliphatic heterocycles. The number of nitrogens with two attached hydrogens (primary N) is 1. The lowest BCUT2D eigenvalue weighted by Gasteiger charge is -2.37. The second-order valence-corrected chi connectivity index (χ2v) is 9.50. The lowest BCUT2D eigenvalue weighted by atomic mass is 9.91. The fourth-order valence-electron chi connectivity index (χ4n) is 5.24. The monoisotopic (exact) mass is 452 g/mol. The molecule has 0 saturated heterocycles. The molecule has 5 nitrogen and oxygen atoms in total. The van der Waals surface area contributed by atoms with E-state index in [1.54, 1.807) is 0 Å². The molecule has 174 valence electrons. The van der Waals surface area contributed by atoms with E-state index in [2.05, 4.69) is 65.5 Å². The summed E-state index contributed by atoms with van der Waals surface area (Å²) in [7, 11) is 2.16. The smallest absolute Gasteiger partial charge is 0.244 e. The lowest BCUT2D eigenvalue weighted by molar-refractivity contribution is -0.120. The Morgan fingerprint density at radius 2 is 1.79 bits per heavy atom. The number of aromatic nitrogens is 1. The number of carbonyl (C=O) groups is 1. The number of para-hydroxylation sites is 2. The van der Waals surface area contributed by atoms with Gasteiger partial charge >= 0.3 is 0 Å². The third-order valence-corrected chi connectivity index (χ3v) is 6.79. The minimum atomic E-state index is -0.590. The van der Waals surface area contributed by atoms with Crippen molar-refractivity contribution in [3.05, 3.63) is 102 Å². The molecule has 0 spiro atoms. The first kappa shape index (κ1) is 22.4. The maximum Gasteiger partial charge on any atom is 0.244 e. The van der Waals surface area contributed by atoms with E-state index in [9.17, 15) is 4.79 Å². The predicted octanol–water partition coefficient (Wildman–Crippen LogP) is 4.38. The first-order chi connectivity index (χ1) is 16.6. The third kappa shape index (κ3) is 4.76. The number of aromatic amines is 1. The van der Waals surface area contributed by atoms with Crippen LogP contribution in [0, 0.1) is 5.92 Å². The molecule has 0 bridgehead atoms. The average Bonchev–Trinajstić information content (AvgIpc) is 3.26. The number of hydrogen-bond acceptors (Lipinski definition) is 3. The highest BCUT2D eigenvalue weighted by Gasteiger charge is 2.31. The van der Waals surface area contributed by atoms with Crippen LogP contribution in [0.25, 0.3) is 10.9 Å². The Kier molecular flexibility index (Phi) is 6.48. The predicted molar refractivity (Wildman–Crippen MR) is 139 cm³/mol. The van der Waals surface area contributed by atoms with Crippen LogP contribution < -0.4 is 10.6 Å². The van der Waals surface area contributed by atoms with Gasteiger partial charge in [-0.2, -0.15) is 0 Å². The van der Waals surface area contributed by atoms with Gasteiger partial charge < -0.3 is 20.5 Å². The number of rotatable bonds is 7. The van der Waals surface area contributed by atoms with Crippen LogP contribution >= 0.6 is 0 Å². The summed E-state index contributed by atoms with van der Waals surface area (Å²) in [6, 6.07) is 26.3. The van der Waals surface area contributed by atoms with E-state index >= 15 is 0 Å². The fraction of sp³-hybridized carbons (Fsp3) is 0.276. The van der Waals surface area contributed by atoms with Gasteiger partial charge in [-0.15, -0.1) is 0 Å². The average molecular weight is 453 g/mol. The third-order valence-electron chi connectivity index (χ3n) is 6.79. The van der Waals surface area contributed by atoms with Crippen LogP contribution in [0.5, 0.6) is 0 Å². The maximum atomic E-state index is 13.6. The van der Waals surface area contributed by atoms with E-state index in [4.69, 9.17) is 5.73 Å². The molecule has 2 heterocycles. The Bertz CT molecular complexity index is 1270. The first-order valence-corrected chi connectivity index (χ1v) is 12.0. The van der Waals surface area contributed by atoms with Gasteiger partial charge in [0, 0.05) is 42.4 Å². The Morgan fingerprint density at radius 1 is 1.06 bits per heavy atom. The fourth-order valence-corrected chi connectivity index (χ4v) is 5.24. The molecular formula is C29H32N4O. The molecule has 3 N–H and O–H groups in total. The normalized spacial score (nSPS) is 16.6. The van der Waals surface area contributed by atoms with Gasteiger partial charge in [-0.05, 0) is 54.6 Å². The van der Waals surface area contributed by atoms with E-state index in [-0.39, 0.29) is 5.91 Å². The van der Waals surface area contributed by atoms with Crippen molar-refractivity contribution in [2.75, 3.05) is 25.0 Å². The summed E-state index contributed by atoms with van der Waals surface area (Å²) >= 11 is 0. The van der Waals surface area contributed by atoms with Crippen molar-refractivity contribution in [1.82, 2.24) is 9.88 Å². The van der Waals surface area contributed by atoms with Gasteiger partial charge in [0.25, 0.3) is 0 Å². The SMILES string of the molecule is CN(Cc1ccccc1)C[C@H]1Cc2ccccc2N(C(=O)[C@H](N)Cc2c[nH]c3ccccc23)C1. The lowest BCUT2D eigenvalue weighted by Crippen LogP contribution is -2.50. The molecule has 5 rings (SSSR count). The number of anilines is 1. The zero-order valence-corrected chi connectivity index (χ0v) is 19.7. The quantitative estimate of drug-likeness (QED) is 0.438. The second kappa shape index (κ2) is 9.84. The van der Waals surface area contributed by atoms with Crippen molar-refractivity contribution < 1.29 is 4.79 Å². The number of carbonyl (C=O) groups excluding carboxylic acids is 1. The first-order valence-electron chi connectivity index (χ1n) is 12.0. The molecule has 0 aliphatic carbocycles. The summed E-state index contributed by atoms with van der Waals surface area (Å²) < 4.78 is 0. The molecule has 34 heavy (non-hydrogen) atoms. The largest absolute Gasteiger partial charge is 0.361 e. The van der Waals surface area contributed by atoms with Crippen LogP contribution in [0.15, 0.2) is 85.1 Å². The summed E-state index contributed by atoms with van der Waals surface area (Å²) in [5, 5.41) is 1.13. The highest BCUT2D eigenvalue weighted by molar-refractivity contribution is 5.98. The summed E-state index contributed by atoms with van der Waals surface area (Å²) in [5.41, 5.74) is 12.2. The minimum Gasteiger partial charge on any atom is -0.361 e. The van der Waals surface area contributed by atoms with Gasteiger partial charge in [0.15, 0.2) is 0 Å². The molecule has 1 amide bonds. The Labute approximate surface area is 201 Å². The van der Waals surface area contributed by atoms with Crippen LogP contribution in [-0.2, 0) is 24.2 Å². The molecule has 4 aromatic rings. The van der Waals surface area contributed by atoms with Crippen LogP contribution in [0.4, 0.5) is 5.69 Å². The Morgan fingerprint density at radius 3 is 2.65 bits per heavy atom. The number of fused-ring (bicyclic) bond motifs is 2. The Balaban J connectivity index is 1.31. The Hall–Kier alpha value is -3.41. The number of H-pyrrole nitrogens is 1. The van der Waals surface area contributed by atoms with Gasteiger partial charge in [0.05, 0.1) is 6.04 Å². The van der Waals surface area contributed by atoms with Gasteiger partial charge in [-0.3, -0.25) is 4.79 Å². The number of nitrogens with one attached hydrogen (secondary N) is 1. The summed E-state index contributed by atoms with van der Waals surface area (Å²) in [5.74, 6) is 0.348. The zero-order valence-electron chi connectivity index (χ0n) is 19.7. The number of nitrogens with zero attached hydrogens (tertiary/aromatic N) is 2. The molecule has 1 aliphatic rings. The molecule has 0 unspecified atom stereocenters. The van der Waals surface area contributed by atoms with Gasteiger partial charge in [-0.1, -0.05) is 66.7 Å². The number of hydrogen-bond donors (Lipinski definition) is 2. The molecule has 5 heteroatoms. The minimum absolute atomic E-state index is 0.00635. The van der Waals surface area contributed by atoms with Crippen LogP contribution in [0.2, 0.25) is 0 Å². The molecule has 0 radical (unpaired) electrons. The molecule has 2 atom stereocenters. The molecule has 0 fully saturated rings. The van der Waals surface area contributed by atoms with Crippen molar-refractivity contribution in [3.63, 3.8) is 0 Å². The molecule has 1 aromatic heterocycles. The van der Waals surface area contributed by atoms with Gasteiger partial charge in [-0.25, -0.2) is 0 Å². The van der Waals surface area contributed by atoms with Crippen LogP contribution in [-0.4, -0.2) is 42.0 Å². The molecular weight excluding hydrogens is 420 g/mol. The van der Waals surface area contributed by atoms with Crippen molar-refractivity contribution in [1.29, 1.82) is 0 Å². The summed E-state index contributed by atoms with van der Waals surface area (Å²) in [4.78, 5) is 21.2. The topological polar surface area (TPSA) is 65.4 Å². The van der Waals surface area contributed by atoms with E-state index in [0.717, 1.165) is 41.7 Å². The van der Waals surface area contributed by atoms with Gasteiger partial charge in [0.2, 0.25) is 5.91 Å². The molecule has 0 saturated carbocycles. The number of benzene rings is 3. The maximum absolute atomic E-state index is 13.6. The van der Waals surface area contributed by atoms with Crippen LogP contribution in [0.3, 0.4) is 0 Å². The van der Waals surface area contributed by atoms with Crippen molar-refractivity contribution in [2.45, 2.75) is 25.4 Å². The van der Waals surface area contributed by atoms with Crippen molar-refractivity contribution >= 4 is 22.5 Å². The van der Waals surface area contributed by atoms with Gasteiger partial charge in [0.1, 0.15) is 0 Å². The van der Waals surface area contributed by atoms with E-state index in [0.29, 0.717) is 18.9 Å². The standard InChI is InChI=1S/C29H32N4O/c1-32(18-21-9-3-2-4-10-21)19-22-15-23-11-5-8-14-28(23)33(20-22)29(34)26(30)16-24-17-31-27-13-7-6-12-25(24)27/h2-14,17,22,26,31H,15-16,18-20,30H2,1H3/t22-,26-/m1/s1. The van der Waals surface area contributed by atoms with Crippen molar-refractivity contribution in [3.8, 4) is 0 Å². The van der Waals surface area contributed by atoms with Crippen LogP contribution in [0.1, 0.15) is 16.7 Å². The van der Waals surface area contributed by atoms with Crippen molar-refractivity contribution in [2.24, 2.45) is 11.7 Å². The summed E-state index contributed by atoms with van der Waals surface area (Å²) in [6.07, 6.45) is 3.46. The van der Waals surface area contributed by atoms with E-state index in [1.165, 1.54) is 11.1 Å².